The first-order valence-corrected chi connectivity index (χ1v) is 10.0. The standard InChI is InChI=1S/C18H20N6O2S/c1-27-16-13-14(19)24(12-8-4-3-7-11(12)17(25)26)18(20-15(13)21-22-16)23-9-5-2-6-10-23/h3-4,7-8,19H,2,5-6,9-10H2,1H3,(H,21,22)(H,25,26). The highest BCUT2D eigenvalue weighted by atomic mass is 32.2. The van der Waals surface area contributed by atoms with Crippen LogP contribution in [0.15, 0.2) is 29.3 Å². The van der Waals surface area contributed by atoms with E-state index in [2.05, 4.69) is 15.1 Å². The Bertz CT molecular complexity index is 1070. The van der Waals surface area contributed by atoms with E-state index >= 15 is 0 Å². The van der Waals surface area contributed by atoms with Gasteiger partial charge in [0, 0.05) is 13.1 Å². The molecule has 3 aromatic rings. The van der Waals surface area contributed by atoms with Gasteiger partial charge in [-0.2, -0.15) is 10.1 Å². The number of carboxylic acids is 1. The van der Waals surface area contributed by atoms with Crippen molar-refractivity contribution in [2.24, 2.45) is 0 Å². The molecule has 0 bridgehead atoms. The number of nitrogens with one attached hydrogen (secondary N) is 2. The van der Waals surface area contributed by atoms with Gasteiger partial charge in [0.15, 0.2) is 5.65 Å². The van der Waals surface area contributed by atoms with Crippen molar-refractivity contribution in [1.29, 1.82) is 5.41 Å². The Morgan fingerprint density at radius 1 is 1.26 bits per heavy atom. The summed E-state index contributed by atoms with van der Waals surface area (Å²) < 4.78 is 1.65. The third kappa shape index (κ3) is 2.97. The monoisotopic (exact) mass is 384 g/mol. The average Bonchev–Trinajstić information content (AvgIpc) is 3.12. The van der Waals surface area contributed by atoms with Crippen molar-refractivity contribution < 1.29 is 9.90 Å². The molecule has 0 atom stereocenters. The van der Waals surface area contributed by atoms with Crippen LogP contribution in [0.2, 0.25) is 0 Å². The number of carbonyl (C=O) groups is 1. The number of anilines is 1. The lowest BCUT2D eigenvalue weighted by atomic mass is 10.1. The van der Waals surface area contributed by atoms with Crippen LogP contribution in [-0.2, 0) is 0 Å². The van der Waals surface area contributed by atoms with Gasteiger partial charge in [0.05, 0.1) is 16.6 Å². The lowest BCUT2D eigenvalue weighted by Crippen LogP contribution is -2.36. The fraction of sp³-hybridized carbons (Fsp3) is 0.333. The number of thioether (sulfide) groups is 1. The first kappa shape index (κ1) is 17.6. The second kappa shape index (κ2) is 7.07. The summed E-state index contributed by atoms with van der Waals surface area (Å²) in [7, 11) is 0. The minimum atomic E-state index is -1.03. The molecule has 0 saturated carbocycles. The molecular formula is C18H20N6O2S. The van der Waals surface area contributed by atoms with Gasteiger partial charge in [-0.25, -0.2) is 4.79 Å². The summed E-state index contributed by atoms with van der Waals surface area (Å²) in [6, 6.07) is 6.75. The van der Waals surface area contributed by atoms with E-state index in [1.165, 1.54) is 18.2 Å². The van der Waals surface area contributed by atoms with Gasteiger partial charge in [-0.15, -0.1) is 11.8 Å². The number of aromatic nitrogens is 4. The zero-order valence-corrected chi connectivity index (χ0v) is 15.7. The van der Waals surface area contributed by atoms with Crippen molar-refractivity contribution in [2.75, 3.05) is 24.2 Å². The number of carboxylic acid groups (broad SMARTS) is 1. The number of rotatable bonds is 4. The topological polar surface area (TPSA) is 111 Å². The lowest BCUT2D eigenvalue weighted by molar-refractivity contribution is 0.0697. The van der Waals surface area contributed by atoms with Crippen molar-refractivity contribution in [3.8, 4) is 5.69 Å². The van der Waals surface area contributed by atoms with E-state index in [9.17, 15) is 9.90 Å². The van der Waals surface area contributed by atoms with Crippen LogP contribution < -0.4 is 10.4 Å². The number of piperidine rings is 1. The number of hydrogen-bond donors (Lipinski definition) is 3. The molecule has 0 amide bonds. The second-order valence-corrected chi connectivity index (χ2v) is 7.22. The number of benzene rings is 1. The Morgan fingerprint density at radius 2 is 2.00 bits per heavy atom. The highest BCUT2D eigenvalue weighted by molar-refractivity contribution is 7.98. The predicted octanol–water partition coefficient (Wildman–Crippen LogP) is 2.64. The SMILES string of the molecule is CSc1n[nH]c2nc(N3CCCCC3)n(-c3ccccc3C(=O)O)c(=N)c12. The molecule has 0 unspecified atom stereocenters. The van der Waals surface area contributed by atoms with E-state index in [4.69, 9.17) is 10.4 Å². The first-order valence-electron chi connectivity index (χ1n) is 8.79. The Hall–Kier alpha value is -2.81. The molecule has 1 aliphatic rings. The maximum absolute atomic E-state index is 11.8. The smallest absolute Gasteiger partial charge is 0.337 e. The Balaban J connectivity index is 2.06. The number of aromatic carboxylic acids is 1. The maximum atomic E-state index is 11.8. The molecule has 4 rings (SSSR count). The van der Waals surface area contributed by atoms with Gasteiger partial charge >= 0.3 is 5.97 Å². The molecule has 3 N–H and O–H groups in total. The summed E-state index contributed by atoms with van der Waals surface area (Å²) in [5, 5.41) is 27.0. The normalized spacial score (nSPS) is 14.6. The predicted molar refractivity (Wildman–Crippen MR) is 104 cm³/mol. The van der Waals surface area contributed by atoms with Gasteiger partial charge in [-0.05, 0) is 37.7 Å². The quantitative estimate of drug-likeness (QED) is 0.597. The third-order valence-electron chi connectivity index (χ3n) is 4.79. The van der Waals surface area contributed by atoms with Crippen molar-refractivity contribution in [2.45, 2.75) is 24.3 Å². The lowest BCUT2D eigenvalue weighted by Gasteiger charge is -2.30. The van der Waals surface area contributed by atoms with Crippen molar-refractivity contribution in [3.05, 3.63) is 35.3 Å². The summed E-state index contributed by atoms with van der Waals surface area (Å²) in [5.74, 6) is -0.448. The van der Waals surface area contributed by atoms with Gasteiger partial charge in [0.2, 0.25) is 5.95 Å². The van der Waals surface area contributed by atoms with Crippen LogP contribution in [0, 0.1) is 5.41 Å². The summed E-state index contributed by atoms with van der Waals surface area (Å²) in [5.41, 5.74) is 1.32. The molecular weight excluding hydrogens is 364 g/mol. The minimum Gasteiger partial charge on any atom is -0.478 e. The van der Waals surface area contributed by atoms with Crippen LogP contribution in [-0.4, -0.2) is 50.2 Å². The number of nitrogens with zero attached hydrogens (tertiary/aromatic N) is 4. The molecule has 1 saturated heterocycles. The molecule has 0 spiro atoms. The van der Waals surface area contributed by atoms with E-state index in [0.717, 1.165) is 25.9 Å². The van der Waals surface area contributed by atoms with Gasteiger partial charge in [-0.1, -0.05) is 12.1 Å². The van der Waals surface area contributed by atoms with Crippen LogP contribution in [0.25, 0.3) is 16.7 Å². The molecule has 8 nitrogen and oxygen atoms in total. The van der Waals surface area contributed by atoms with Crippen LogP contribution in [0.1, 0.15) is 29.6 Å². The summed E-state index contributed by atoms with van der Waals surface area (Å²) in [6.07, 6.45) is 5.15. The molecule has 1 fully saturated rings. The molecule has 1 aliphatic heterocycles. The fourth-order valence-corrected chi connectivity index (χ4v) is 4.04. The fourth-order valence-electron chi connectivity index (χ4n) is 3.50. The molecule has 0 radical (unpaired) electrons. The molecule has 9 heteroatoms. The number of fused-ring (bicyclic) bond motifs is 1. The van der Waals surface area contributed by atoms with Crippen molar-refractivity contribution in [3.63, 3.8) is 0 Å². The van der Waals surface area contributed by atoms with Gasteiger partial charge in [-0.3, -0.25) is 15.1 Å². The molecule has 1 aromatic carbocycles. The van der Waals surface area contributed by atoms with E-state index in [-0.39, 0.29) is 11.1 Å². The van der Waals surface area contributed by atoms with Crippen LogP contribution >= 0.6 is 11.8 Å². The zero-order chi connectivity index (χ0) is 19.0. The highest BCUT2D eigenvalue weighted by Crippen LogP contribution is 2.26. The van der Waals surface area contributed by atoms with E-state index < -0.39 is 5.97 Å². The van der Waals surface area contributed by atoms with Gasteiger partial charge in [0.25, 0.3) is 0 Å². The first-order chi connectivity index (χ1) is 13.1. The number of para-hydroxylation sites is 1. The number of aromatic amines is 1. The number of hydrogen-bond acceptors (Lipinski definition) is 6. The minimum absolute atomic E-state index is 0.143. The molecule has 3 heterocycles. The van der Waals surface area contributed by atoms with Gasteiger partial charge in [0.1, 0.15) is 10.5 Å². The Morgan fingerprint density at radius 3 is 2.70 bits per heavy atom. The molecule has 140 valence electrons. The summed E-state index contributed by atoms with van der Waals surface area (Å²) in [4.78, 5) is 18.7. The Labute approximate surface area is 159 Å². The summed E-state index contributed by atoms with van der Waals surface area (Å²) >= 11 is 1.43. The van der Waals surface area contributed by atoms with Crippen molar-refractivity contribution in [1.82, 2.24) is 19.7 Å². The molecule has 27 heavy (non-hydrogen) atoms. The van der Waals surface area contributed by atoms with E-state index in [1.807, 2.05) is 6.26 Å². The Kier molecular flexibility index (Phi) is 4.61. The second-order valence-electron chi connectivity index (χ2n) is 6.42. The van der Waals surface area contributed by atoms with Crippen LogP contribution in [0.4, 0.5) is 5.95 Å². The van der Waals surface area contributed by atoms with Gasteiger partial charge < -0.3 is 10.0 Å². The zero-order valence-electron chi connectivity index (χ0n) is 14.9. The van der Waals surface area contributed by atoms with E-state index in [1.54, 1.807) is 28.8 Å². The van der Waals surface area contributed by atoms with Crippen LogP contribution in [0.3, 0.4) is 0 Å². The molecule has 0 aliphatic carbocycles. The highest BCUT2D eigenvalue weighted by Gasteiger charge is 2.23. The average molecular weight is 384 g/mol. The number of H-pyrrole nitrogens is 1. The van der Waals surface area contributed by atoms with E-state index in [0.29, 0.717) is 27.7 Å². The largest absolute Gasteiger partial charge is 0.478 e. The summed E-state index contributed by atoms with van der Waals surface area (Å²) in [6.45, 7) is 1.66. The van der Waals surface area contributed by atoms with Crippen LogP contribution in [0.5, 0.6) is 0 Å². The molecule has 2 aromatic heterocycles. The maximum Gasteiger partial charge on any atom is 0.337 e. The van der Waals surface area contributed by atoms with Crippen molar-refractivity contribution >= 4 is 34.7 Å². The third-order valence-corrected chi connectivity index (χ3v) is 5.48.